The lowest BCUT2D eigenvalue weighted by atomic mass is 9.87. The molecule has 23 heavy (non-hydrogen) atoms. The molecule has 0 N–H and O–H groups in total. The SMILES string of the molecule is COc1ccc(C2=C(Cl)CC(Cl)C=C2c2ccc(C)cc2)cc1. The number of benzene rings is 2. The number of halogens is 2. The van der Waals surface area contributed by atoms with Crippen LogP contribution in [0.5, 0.6) is 5.75 Å². The summed E-state index contributed by atoms with van der Waals surface area (Å²) < 4.78 is 5.24. The van der Waals surface area contributed by atoms with Crippen LogP contribution in [0.1, 0.15) is 23.1 Å². The number of allylic oxidation sites excluding steroid dienone is 4. The number of hydrogen-bond acceptors (Lipinski definition) is 1. The third-order valence-electron chi connectivity index (χ3n) is 4.00. The predicted octanol–water partition coefficient (Wildman–Crippen LogP) is 6.05. The Hall–Kier alpha value is -1.70. The molecule has 0 saturated heterocycles. The van der Waals surface area contributed by atoms with Gasteiger partial charge in [0.1, 0.15) is 5.75 Å². The summed E-state index contributed by atoms with van der Waals surface area (Å²) in [4.78, 5) is 0. The Bertz CT molecular complexity index is 755. The fourth-order valence-electron chi connectivity index (χ4n) is 2.79. The monoisotopic (exact) mass is 344 g/mol. The third kappa shape index (κ3) is 3.46. The first-order chi connectivity index (χ1) is 11.1. The zero-order chi connectivity index (χ0) is 16.4. The quantitative estimate of drug-likeness (QED) is 0.616. The van der Waals surface area contributed by atoms with Gasteiger partial charge in [-0.15, -0.1) is 11.6 Å². The van der Waals surface area contributed by atoms with Gasteiger partial charge in [-0.3, -0.25) is 0 Å². The molecule has 0 heterocycles. The number of hydrogen-bond donors (Lipinski definition) is 0. The summed E-state index contributed by atoms with van der Waals surface area (Å²) in [5, 5.41) is 0.717. The van der Waals surface area contributed by atoms with Crippen LogP contribution in [0.25, 0.3) is 11.1 Å². The number of aryl methyl sites for hydroxylation is 1. The molecule has 3 heteroatoms. The molecular weight excluding hydrogens is 327 g/mol. The van der Waals surface area contributed by atoms with E-state index in [9.17, 15) is 0 Å². The van der Waals surface area contributed by atoms with Gasteiger partial charge >= 0.3 is 0 Å². The molecule has 0 saturated carbocycles. The maximum Gasteiger partial charge on any atom is 0.118 e. The van der Waals surface area contributed by atoms with E-state index in [1.165, 1.54) is 5.56 Å². The van der Waals surface area contributed by atoms with E-state index in [1.807, 2.05) is 24.3 Å². The summed E-state index contributed by atoms with van der Waals surface area (Å²) in [7, 11) is 1.66. The lowest BCUT2D eigenvalue weighted by molar-refractivity contribution is 0.415. The minimum atomic E-state index is -0.0826. The molecule has 0 spiro atoms. The van der Waals surface area contributed by atoms with Crippen LogP contribution >= 0.6 is 23.2 Å². The first-order valence-electron chi connectivity index (χ1n) is 7.55. The average Bonchev–Trinajstić information content (AvgIpc) is 2.55. The average molecular weight is 345 g/mol. The van der Waals surface area contributed by atoms with Crippen molar-refractivity contribution in [3.8, 4) is 5.75 Å². The van der Waals surface area contributed by atoms with E-state index in [0.29, 0.717) is 6.42 Å². The van der Waals surface area contributed by atoms with Crippen LogP contribution in [0, 0.1) is 6.92 Å². The van der Waals surface area contributed by atoms with Gasteiger partial charge in [0, 0.05) is 17.0 Å². The molecule has 2 aromatic carbocycles. The van der Waals surface area contributed by atoms with Gasteiger partial charge in [-0.1, -0.05) is 59.6 Å². The molecule has 0 aliphatic heterocycles. The minimum Gasteiger partial charge on any atom is -0.497 e. The Morgan fingerprint density at radius 1 is 0.957 bits per heavy atom. The Balaban J connectivity index is 2.08. The second-order valence-corrected chi connectivity index (χ2v) is 6.69. The minimum absolute atomic E-state index is 0.0826. The molecule has 0 bridgehead atoms. The van der Waals surface area contributed by atoms with Crippen LogP contribution in [0.4, 0.5) is 0 Å². The van der Waals surface area contributed by atoms with E-state index >= 15 is 0 Å². The van der Waals surface area contributed by atoms with Gasteiger partial charge in [0.25, 0.3) is 0 Å². The summed E-state index contributed by atoms with van der Waals surface area (Å²) in [5.41, 5.74) is 5.58. The van der Waals surface area contributed by atoms with Crippen molar-refractivity contribution in [2.24, 2.45) is 0 Å². The summed E-state index contributed by atoms with van der Waals surface area (Å²) in [6.07, 6.45) is 2.75. The molecule has 0 fully saturated rings. The predicted molar refractivity (Wildman–Crippen MR) is 99.2 cm³/mol. The van der Waals surface area contributed by atoms with Crippen LogP contribution in [-0.2, 0) is 0 Å². The van der Waals surface area contributed by atoms with Gasteiger partial charge in [0.2, 0.25) is 0 Å². The number of rotatable bonds is 3. The molecule has 1 unspecified atom stereocenters. The van der Waals surface area contributed by atoms with Gasteiger partial charge in [0.05, 0.1) is 12.5 Å². The largest absolute Gasteiger partial charge is 0.497 e. The van der Waals surface area contributed by atoms with Crippen molar-refractivity contribution in [2.75, 3.05) is 7.11 Å². The molecule has 0 amide bonds. The van der Waals surface area contributed by atoms with Crippen molar-refractivity contribution >= 4 is 34.3 Å². The summed E-state index contributed by atoms with van der Waals surface area (Å²) >= 11 is 13.0. The van der Waals surface area contributed by atoms with Crippen molar-refractivity contribution in [2.45, 2.75) is 18.7 Å². The van der Waals surface area contributed by atoms with Crippen LogP contribution in [0.3, 0.4) is 0 Å². The van der Waals surface area contributed by atoms with Crippen LogP contribution < -0.4 is 4.74 Å². The molecule has 1 atom stereocenters. The van der Waals surface area contributed by atoms with Crippen LogP contribution in [-0.4, -0.2) is 12.5 Å². The topological polar surface area (TPSA) is 9.23 Å². The first-order valence-corrected chi connectivity index (χ1v) is 8.36. The van der Waals surface area contributed by atoms with Gasteiger partial charge in [-0.05, 0) is 35.8 Å². The van der Waals surface area contributed by atoms with E-state index in [4.69, 9.17) is 27.9 Å². The first kappa shape index (κ1) is 16.2. The van der Waals surface area contributed by atoms with Crippen LogP contribution in [0.2, 0.25) is 0 Å². The maximum absolute atomic E-state index is 6.58. The molecule has 2 aromatic rings. The van der Waals surface area contributed by atoms with Gasteiger partial charge in [-0.2, -0.15) is 0 Å². The van der Waals surface area contributed by atoms with Crippen molar-refractivity contribution < 1.29 is 4.74 Å². The Morgan fingerprint density at radius 3 is 2.17 bits per heavy atom. The molecule has 1 aliphatic carbocycles. The fraction of sp³-hybridized carbons (Fsp3) is 0.200. The molecular formula is C20H18Cl2O. The summed E-state index contributed by atoms with van der Waals surface area (Å²) in [6, 6.07) is 16.4. The summed E-state index contributed by atoms with van der Waals surface area (Å²) in [6.45, 7) is 2.08. The molecule has 3 rings (SSSR count). The fourth-order valence-corrected chi connectivity index (χ4v) is 3.52. The highest BCUT2D eigenvalue weighted by Gasteiger charge is 2.22. The standard InChI is InChI=1S/C20H18Cl2O/c1-13-3-5-14(6-4-13)18-11-16(21)12-19(22)20(18)15-7-9-17(23-2)10-8-15/h3-11,16H,12H2,1-2H3. The normalized spacial score (nSPS) is 17.9. The van der Waals surface area contributed by atoms with Gasteiger partial charge < -0.3 is 4.74 Å². The van der Waals surface area contributed by atoms with Gasteiger partial charge in [0.15, 0.2) is 0 Å². The zero-order valence-electron chi connectivity index (χ0n) is 13.1. The maximum atomic E-state index is 6.58. The Kier molecular flexibility index (Phi) is 4.79. The second-order valence-electron chi connectivity index (χ2n) is 5.67. The highest BCUT2D eigenvalue weighted by atomic mass is 35.5. The van der Waals surface area contributed by atoms with Crippen molar-refractivity contribution in [3.05, 3.63) is 76.3 Å². The van der Waals surface area contributed by atoms with Crippen molar-refractivity contribution in [1.82, 2.24) is 0 Å². The Labute approximate surface area is 147 Å². The van der Waals surface area contributed by atoms with E-state index in [1.54, 1.807) is 7.11 Å². The molecule has 1 aliphatic rings. The second kappa shape index (κ2) is 6.82. The van der Waals surface area contributed by atoms with Crippen molar-refractivity contribution in [1.29, 1.82) is 0 Å². The highest BCUT2D eigenvalue weighted by Crippen LogP contribution is 2.42. The molecule has 0 aromatic heterocycles. The summed E-state index contributed by atoms with van der Waals surface area (Å²) in [5.74, 6) is 0.831. The van der Waals surface area contributed by atoms with E-state index < -0.39 is 0 Å². The number of ether oxygens (including phenoxy) is 1. The lowest BCUT2D eigenvalue weighted by Gasteiger charge is -2.22. The molecule has 1 nitrogen and oxygen atoms in total. The highest BCUT2D eigenvalue weighted by molar-refractivity contribution is 6.37. The smallest absolute Gasteiger partial charge is 0.118 e. The van der Waals surface area contributed by atoms with Crippen LogP contribution in [0.15, 0.2) is 59.6 Å². The van der Waals surface area contributed by atoms with Crippen molar-refractivity contribution in [3.63, 3.8) is 0 Å². The lowest BCUT2D eigenvalue weighted by Crippen LogP contribution is -2.06. The van der Waals surface area contributed by atoms with E-state index in [2.05, 4.69) is 37.3 Å². The molecule has 0 radical (unpaired) electrons. The van der Waals surface area contributed by atoms with E-state index in [-0.39, 0.29) is 5.38 Å². The number of methoxy groups -OCH3 is 1. The third-order valence-corrected chi connectivity index (χ3v) is 4.63. The zero-order valence-corrected chi connectivity index (χ0v) is 14.7. The van der Waals surface area contributed by atoms with Gasteiger partial charge in [-0.25, -0.2) is 0 Å². The van der Waals surface area contributed by atoms with E-state index in [0.717, 1.165) is 33.1 Å². The number of alkyl halides is 1. The Morgan fingerprint density at radius 2 is 1.57 bits per heavy atom. The molecule has 118 valence electrons.